The third-order valence-electron chi connectivity index (χ3n) is 3.33. The third kappa shape index (κ3) is 1.83. The largest absolute Gasteiger partial charge is 0.397 e. The summed E-state index contributed by atoms with van der Waals surface area (Å²) in [7, 11) is 0. The molecule has 0 radical (unpaired) electrons. The fourth-order valence-corrected chi connectivity index (χ4v) is 2.25. The Hall–Kier alpha value is -2.42. The first kappa shape index (κ1) is 11.7. The highest BCUT2D eigenvalue weighted by Gasteiger charge is 2.11. The number of benzene rings is 2. The van der Waals surface area contributed by atoms with E-state index in [2.05, 4.69) is 4.98 Å². The molecule has 3 heteroatoms. The zero-order valence-electron chi connectivity index (χ0n) is 10.5. The molecule has 1 heterocycles. The van der Waals surface area contributed by atoms with Crippen molar-refractivity contribution in [1.82, 2.24) is 4.98 Å². The topological polar surface area (TPSA) is 38.9 Å². The fourth-order valence-electron chi connectivity index (χ4n) is 2.25. The Bertz CT molecular complexity index is 766. The lowest BCUT2D eigenvalue weighted by Crippen LogP contribution is -1.97. The minimum Gasteiger partial charge on any atom is -0.397 e. The Kier molecular flexibility index (Phi) is 2.67. The summed E-state index contributed by atoms with van der Waals surface area (Å²) in [5.74, 6) is -0.231. The van der Waals surface area contributed by atoms with Gasteiger partial charge in [-0.3, -0.25) is 4.98 Å². The number of hydrogen-bond donors (Lipinski definition) is 1. The van der Waals surface area contributed by atoms with Gasteiger partial charge in [-0.05, 0) is 36.1 Å². The fraction of sp³-hybridized carbons (Fsp3) is 0.0625. The van der Waals surface area contributed by atoms with Crippen LogP contribution in [0.3, 0.4) is 0 Å². The van der Waals surface area contributed by atoms with Gasteiger partial charge in [0.2, 0.25) is 0 Å². The molecule has 0 spiro atoms. The Morgan fingerprint density at radius 2 is 1.74 bits per heavy atom. The summed E-state index contributed by atoms with van der Waals surface area (Å²) in [5, 5.41) is 1.41. The molecule has 0 saturated carbocycles. The number of nitrogens with two attached hydrogens (primary N) is 1. The molecule has 19 heavy (non-hydrogen) atoms. The van der Waals surface area contributed by atoms with Crippen molar-refractivity contribution in [1.29, 1.82) is 0 Å². The average Bonchev–Trinajstić information content (AvgIpc) is 2.43. The smallest absolute Gasteiger partial charge is 0.131 e. The molecule has 0 fully saturated rings. The summed E-state index contributed by atoms with van der Waals surface area (Å²) in [6, 6.07) is 12.4. The van der Waals surface area contributed by atoms with Gasteiger partial charge in [-0.1, -0.05) is 24.3 Å². The molecule has 3 rings (SSSR count). The number of nitrogens with zero attached hydrogens (tertiary/aromatic N) is 1. The molecule has 0 atom stereocenters. The molecule has 1 aromatic heterocycles. The Balaban J connectivity index is 2.38. The van der Waals surface area contributed by atoms with Crippen molar-refractivity contribution < 1.29 is 4.39 Å². The minimum atomic E-state index is -0.231. The molecular weight excluding hydrogens is 239 g/mol. The second kappa shape index (κ2) is 4.35. The number of pyridine rings is 1. The van der Waals surface area contributed by atoms with Gasteiger partial charge in [-0.2, -0.15) is 0 Å². The van der Waals surface area contributed by atoms with E-state index in [1.165, 1.54) is 6.07 Å². The highest BCUT2D eigenvalue weighted by Crippen LogP contribution is 2.33. The van der Waals surface area contributed by atoms with Crippen LogP contribution in [0, 0.1) is 12.7 Å². The van der Waals surface area contributed by atoms with Gasteiger partial charge in [0.25, 0.3) is 0 Å². The van der Waals surface area contributed by atoms with Crippen molar-refractivity contribution >= 4 is 16.5 Å². The number of nitrogen functional groups attached to an aromatic ring is 1. The number of fused-ring (bicyclic) bond motifs is 1. The maximum Gasteiger partial charge on any atom is 0.131 e. The van der Waals surface area contributed by atoms with Crippen LogP contribution in [0.2, 0.25) is 0 Å². The van der Waals surface area contributed by atoms with E-state index in [-0.39, 0.29) is 5.82 Å². The Morgan fingerprint density at radius 3 is 2.53 bits per heavy atom. The van der Waals surface area contributed by atoms with Gasteiger partial charge in [-0.15, -0.1) is 0 Å². The Labute approximate surface area is 110 Å². The number of aromatic nitrogens is 1. The van der Waals surface area contributed by atoms with Crippen molar-refractivity contribution in [2.45, 2.75) is 6.92 Å². The highest BCUT2D eigenvalue weighted by molar-refractivity contribution is 5.98. The summed E-state index contributed by atoms with van der Waals surface area (Å²) in [4.78, 5) is 4.34. The lowest BCUT2D eigenvalue weighted by Gasteiger charge is -2.10. The van der Waals surface area contributed by atoms with E-state index in [9.17, 15) is 4.39 Å². The van der Waals surface area contributed by atoms with Crippen LogP contribution in [0.5, 0.6) is 0 Å². The number of anilines is 1. The molecule has 0 bridgehead atoms. The van der Waals surface area contributed by atoms with E-state index in [4.69, 9.17) is 5.73 Å². The lowest BCUT2D eigenvalue weighted by molar-refractivity contribution is 0.640. The summed E-state index contributed by atoms with van der Waals surface area (Å²) >= 11 is 0. The number of aryl methyl sites for hydroxylation is 1. The summed E-state index contributed by atoms with van der Waals surface area (Å²) in [6.07, 6.45) is 1.72. The minimum absolute atomic E-state index is 0.231. The van der Waals surface area contributed by atoms with Gasteiger partial charge in [0, 0.05) is 17.1 Å². The first-order valence-electron chi connectivity index (χ1n) is 6.07. The second-order valence-corrected chi connectivity index (χ2v) is 4.53. The first-order valence-corrected chi connectivity index (χ1v) is 6.07. The van der Waals surface area contributed by atoms with Crippen LogP contribution in [-0.4, -0.2) is 4.98 Å². The molecule has 0 unspecified atom stereocenters. The van der Waals surface area contributed by atoms with Crippen molar-refractivity contribution in [3.8, 4) is 11.3 Å². The van der Waals surface area contributed by atoms with Crippen molar-refractivity contribution in [2.75, 3.05) is 5.73 Å². The summed E-state index contributed by atoms with van der Waals surface area (Å²) in [6.45, 7) is 1.94. The molecule has 3 aromatic rings. The lowest BCUT2D eigenvalue weighted by atomic mass is 9.99. The molecule has 0 aliphatic carbocycles. The molecular formula is C16H13FN2. The predicted molar refractivity (Wildman–Crippen MR) is 76.3 cm³/mol. The number of halogens is 1. The van der Waals surface area contributed by atoms with E-state index in [0.717, 1.165) is 16.5 Å². The molecule has 0 aliphatic rings. The van der Waals surface area contributed by atoms with Gasteiger partial charge >= 0.3 is 0 Å². The van der Waals surface area contributed by atoms with Gasteiger partial charge in [0.05, 0.1) is 11.4 Å². The van der Waals surface area contributed by atoms with Crippen LogP contribution >= 0.6 is 0 Å². The van der Waals surface area contributed by atoms with Crippen molar-refractivity contribution in [3.63, 3.8) is 0 Å². The average molecular weight is 252 g/mol. The van der Waals surface area contributed by atoms with Crippen LogP contribution in [-0.2, 0) is 0 Å². The van der Waals surface area contributed by atoms with Crippen molar-refractivity contribution in [3.05, 3.63) is 60.0 Å². The molecule has 2 N–H and O–H groups in total. The standard InChI is InChI=1S/C16H13FN2/c1-10-8-9-19-16(15(10)18)13-6-7-14(17)12-5-3-2-4-11(12)13/h2-9H,18H2,1H3. The molecule has 2 nitrogen and oxygen atoms in total. The quantitative estimate of drug-likeness (QED) is 0.712. The summed E-state index contributed by atoms with van der Waals surface area (Å²) < 4.78 is 13.8. The van der Waals surface area contributed by atoms with Crippen LogP contribution < -0.4 is 5.73 Å². The molecule has 94 valence electrons. The number of rotatable bonds is 1. The van der Waals surface area contributed by atoms with E-state index in [0.29, 0.717) is 16.8 Å². The van der Waals surface area contributed by atoms with Gasteiger partial charge in [0.15, 0.2) is 0 Å². The SMILES string of the molecule is Cc1ccnc(-c2ccc(F)c3ccccc23)c1N. The van der Waals surface area contributed by atoms with Gasteiger partial charge in [0.1, 0.15) is 5.82 Å². The Morgan fingerprint density at radius 1 is 1.00 bits per heavy atom. The van der Waals surface area contributed by atoms with E-state index < -0.39 is 0 Å². The normalized spacial score (nSPS) is 10.8. The zero-order chi connectivity index (χ0) is 13.4. The van der Waals surface area contributed by atoms with Crippen LogP contribution in [0.15, 0.2) is 48.7 Å². The maximum absolute atomic E-state index is 13.8. The summed E-state index contributed by atoms with van der Waals surface area (Å²) in [5.41, 5.74) is 9.26. The number of hydrogen-bond acceptors (Lipinski definition) is 2. The third-order valence-corrected chi connectivity index (χ3v) is 3.33. The predicted octanol–water partition coefficient (Wildman–Crippen LogP) is 3.93. The van der Waals surface area contributed by atoms with E-state index in [1.807, 2.05) is 31.2 Å². The second-order valence-electron chi connectivity index (χ2n) is 4.53. The molecule has 0 amide bonds. The monoisotopic (exact) mass is 252 g/mol. The maximum atomic E-state index is 13.8. The van der Waals surface area contributed by atoms with Gasteiger partial charge in [-0.25, -0.2) is 4.39 Å². The first-order chi connectivity index (χ1) is 9.18. The zero-order valence-corrected chi connectivity index (χ0v) is 10.5. The van der Waals surface area contributed by atoms with Crippen molar-refractivity contribution in [2.24, 2.45) is 0 Å². The molecule has 2 aromatic carbocycles. The molecule has 0 saturated heterocycles. The van der Waals surface area contributed by atoms with Crippen LogP contribution in [0.4, 0.5) is 10.1 Å². The van der Waals surface area contributed by atoms with Crippen LogP contribution in [0.25, 0.3) is 22.0 Å². The molecule has 0 aliphatic heterocycles. The van der Waals surface area contributed by atoms with E-state index >= 15 is 0 Å². The highest BCUT2D eigenvalue weighted by atomic mass is 19.1. The van der Waals surface area contributed by atoms with Gasteiger partial charge < -0.3 is 5.73 Å². The van der Waals surface area contributed by atoms with E-state index in [1.54, 1.807) is 18.3 Å². The van der Waals surface area contributed by atoms with Crippen LogP contribution in [0.1, 0.15) is 5.56 Å².